The average molecular weight is 887 g/mol. The molecular weight excluding hydrogens is 845 g/mol. The number of para-hydroxylation sites is 4. The number of benzene rings is 12. The normalized spacial score (nSPS) is 12.5. The van der Waals surface area contributed by atoms with E-state index in [1.807, 2.05) is 0 Å². The molecule has 12 aromatic rings. The number of anilines is 6. The highest BCUT2D eigenvalue weighted by molar-refractivity contribution is 6.28. The Labute approximate surface area is 407 Å². The lowest BCUT2D eigenvalue weighted by Gasteiger charge is -2.29. The molecule has 0 spiro atoms. The molecule has 0 saturated carbocycles. The van der Waals surface area contributed by atoms with Gasteiger partial charge in [0.2, 0.25) is 0 Å². The molecule has 12 aromatic carbocycles. The molecule has 3 aliphatic rings. The van der Waals surface area contributed by atoms with Crippen LogP contribution in [0.1, 0.15) is 0 Å². The van der Waals surface area contributed by atoms with E-state index in [0.29, 0.717) is 0 Å². The molecule has 0 aromatic heterocycles. The average Bonchev–Trinajstić information content (AvgIpc) is 3.61. The second-order valence-electron chi connectivity index (χ2n) is 18.7. The van der Waals surface area contributed by atoms with Crippen molar-refractivity contribution < 1.29 is 0 Å². The fraction of sp³-hybridized carbons (Fsp3) is 0. The zero-order chi connectivity index (χ0) is 45.9. The fourth-order valence-electron chi connectivity index (χ4n) is 12.2. The van der Waals surface area contributed by atoms with Gasteiger partial charge >= 0.3 is 0 Å². The molecule has 2 aliphatic heterocycles. The summed E-state index contributed by atoms with van der Waals surface area (Å²) in [4.78, 5) is 5.00. The molecule has 0 atom stereocenters. The number of rotatable bonds is 4. The van der Waals surface area contributed by atoms with Crippen LogP contribution >= 0.6 is 0 Å². The van der Waals surface area contributed by atoms with E-state index in [2.05, 4.69) is 265 Å². The van der Waals surface area contributed by atoms with E-state index >= 15 is 0 Å². The Morgan fingerprint density at radius 2 is 0.600 bits per heavy atom. The van der Waals surface area contributed by atoms with Gasteiger partial charge in [0.25, 0.3) is 0 Å². The molecule has 1 aliphatic carbocycles. The molecule has 0 saturated heterocycles. The smallest absolute Gasteiger partial charge is 0.0540 e. The van der Waals surface area contributed by atoms with Gasteiger partial charge in [0.15, 0.2) is 0 Å². The first kappa shape index (κ1) is 38.8. The van der Waals surface area contributed by atoms with Crippen molar-refractivity contribution in [3.05, 3.63) is 255 Å². The molecule has 0 unspecified atom stereocenters. The first-order valence-corrected chi connectivity index (χ1v) is 24.3. The van der Waals surface area contributed by atoms with Crippen LogP contribution in [0.2, 0.25) is 0 Å². The SMILES string of the molecule is c1ccc(-c2c3c(c(-c4ccccc4)c4cc(N5c6ccccc6-c6ccccc6-c6ccccc65)ccc24)-c2cccc4cc(N5c6ccccc6-c6ccccc6-c6ccccc65)cc-3c24)cc1. The van der Waals surface area contributed by atoms with Crippen molar-refractivity contribution >= 4 is 55.7 Å². The van der Waals surface area contributed by atoms with E-state index in [-0.39, 0.29) is 0 Å². The lowest BCUT2D eigenvalue weighted by molar-refractivity contribution is 1.30. The summed E-state index contributed by atoms with van der Waals surface area (Å²) >= 11 is 0. The predicted octanol–water partition coefficient (Wildman–Crippen LogP) is 19.2. The zero-order valence-corrected chi connectivity index (χ0v) is 38.1. The number of fused-ring (bicyclic) bond motifs is 14. The molecular formula is C68H42N2. The second kappa shape index (κ2) is 15.1. The van der Waals surface area contributed by atoms with E-state index in [1.165, 1.54) is 122 Å². The maximum absolute atomic E-state index is 2.51. The van der Waals surface area contributed by atoms with Gasteiger partial charge in [-0.15, -0.1) is 0 Å². The van der Waals surface area contributed by atoms with Crippen LogP contribution < -0.4 is 9.80 Å². The van der Waals surface area contributed by atoms with Gasteiger partial charge in [-0.1, -0.05) is 206 Å². The summed E-state index contributed by atoms with van der Waals surface area (Å²) in [6.45, 7) is 0. The van der Waals surface area contributed by atoms with Crippen LogP contribution in [0.4, 0.5) is 34.1 Å². The molecule has 0 radical (unpaired) electrons. The van der Waals surface area contributed by atoms with Gasteiger partial charge < -0.3 is 9.80 Å². The van der Waals surface area contributed by atoms with E-state index in [4.69, 9.17) is 0 Å². The molecule has 2 heterocycles. The monoisotopic (exact) mass is 886 g/mol. The van der Waals surface area contributed by atoms with Crippen LogP contribution in [-0.2, 0) is 0 Å². The summed E-state index contributed by atoms with van der Waals surface area (Å²) in [5.41, 5.74) is 26.7. The maximum atomic E-state index is 2.51. The molecule has 0 N–H and O–H groups in total. The van der Waals surface area contributed by atoms with Crippen LogP contribution in [0.5, 0.6) is 0 Å². The number of hydrogen-bond donors (Lipinski definition) is 0. The quantitative estimate of drug-likeness (QED) is 0.174. The summed E-state index contributed by atoms with van der Waals surface area (Å²) in [7, 11) is 0. The van der Waals surface area contributed by atoms with E-state index in [9.17, 15) is 0 Å². The Balaban J connectivity index is 1.05. The second-order valence-corrected chi connectivity index (χ2v) is 18.7. The topological polar surface area (TPSA) is 6.48 Å². The highest BCUT2D eigenvalue weighted by Crippen LogP contribution is 2.61. The first-order valence-electron chi connectivity index (χ1n) is 24.3. The Morgan fingerprint density at radius 3 is 1.09 bits per heavy atom. The minimum Gasteiger partial charge on any atom is -0.309 e. The lowest BCUT2D eigenvalue weighted by atomic mass is 9.82. The molecule has 70 heavy (non-hydrogen) atoms. The van der Waals surface area contributed by atoms with Crippen LogP contribution in [0.15, 0.2) is 255 Å². The molecule has 2 nitrogen and oxygen atoms in total. The summed E-state index contributed by atoms with van der Waals surface area (Å²) in [6, 6.07) is 94.7. The van der Waals surface area contributed by atoms with Crippen LogP contribution in [0.3, 0.4) is 0 Å². The molecule has 324 valence electrons. The minimum atomic E-state index is 1.12. The summed E-state index contributed by atoms with van der Waals surface area (Å²) in [6.07, 6.45) is 0. The number of hydrogen-bond acceptors (Lipinski definition) is 2. The van der Waals surface area contributed by atoms with Crippen LogP contribution in [0, 0.1) is 0 Å². The highest BCUT2D eigenvalue weighted by Gasteiger charge is 2.34. The maximum Gasteiger partial charge on any atom is 0.0540 e. The van der Waals surface area contributed by atoms with E-state index < -0.39 is 0 Å². The van der Waals surface area contributed by atoms with Crippen molar-refractivity contribution in [2.75, 3.05) is 9.80 Å². The zero-order valence-electron chi connectivity index (χ0n) is 38.1. The third kappa shape index (κ3) is 5.56. The van der Waals surface area contributed by atoms with Gasteiger partial charge in [-0.05, 0) is 137 Å². The Bertz CT molecular complexity index is 4000. The van der Waals surface area contributed by atoms with Gasteiger partial charge in [-0.2, -0.15) is 0 Å². The van der Waals surface area contributed by atoms with Gasteiger partial charge in [-0.25, -0.2) is 0 Å². The van der Waals surface area contributed by atoms with E-state index in [0.717, 1.165) is 22.7 Å². The standard InChI is InChI=1S/C68H42N2/c1-3-20-43(21-4-1)65-56-39-38-46(69-60-34-15-11-29-52(60)48-25-7-8-26-49(48)53-30-12-16-35-61(53)69)41-58(56)66(44-22-5-2-6-23-44)67-57-33-19-24-45-40-47(42-59(64(45)57)68(65)67)70-62-36-17-13-31-54(62)50-27-9-10-28-51(50)55-32-14-18-37-63(55)70/h1-42H. The molecule has 2 heteroatoms. The van der Waals surface area contributed by atoms with Gasteiger partial charge in [0.05, 0.1) is 22.7 Å². The largest absolute Gasteiger partial charge is 0.309 e. The van der Waals surface area contributed by atoms with Crippen molar-refractivity contribution in [3.8, 4) is 89.0 Å². The Kier molecular flexibility index (Phi) is 8.39. The molecule has 0 amide bonds. The summed E-state index contributed by atoms with van der Waals surface area (Å²) < 4.78 is 0. The van der Waals surface area contributed by atoms with Crippen LogP contribution in [0.25, 0.3) is 111 Å². The lowest BCUT2D eigenvalue weighted by Crippen LogP contribution is -2.11. The van der Waals surface area contributed by atoms with Gasteiger partial charge in [-0.3, -0.25) is 0 Å². The molecule has 0 bridgehead atoms. The Morgan fingerprint density at radius 1 is 0.214 bits per heavy atom. The summed E-state index contributed by atoms with van der Waals surface area (Å²) in [5.74, 6) is 0. The third-order valence-corrected chi connectivity index (χ3v) is 15.0. The van der Waals surface area contributed by atoms with Crippen molar-refractivity contribution in [1.29, 1.82) is 0 Å². The highest BCUT2D eigenvalue weighted by atomic mass is 15.2. The number of nitrogens with zero attached hydrogens (tertiary/aromatic N) is 2. The van der Waals surface area contributed by atoms with Crippen molar-refractivity contribution in [2.24, 2.45) is 0 Å². The van der Waals surface area contributed by atoms with Crippen LogP contribution in [-0.4, -0.2) is 0 Å². The van der Waals surface area contributed by atoms with Crippen molar-refractivity contribution in [3.63, 3.8) is 0 Å². The molecule has 15 rings (SSSR count). The minimum absolute atomic E-state index is 1.12. The third-order valence-electron chi connectivity index (χ3n) is 15.0. The Hall–Kier alpha value is -9.24. The van der Waals surface area contributed by atoms with E-state index in [1.54, 1.807) is 0 Å². The predicted molar refractivity (Wildman–Crippen MR) is 295 cm³/mol. The van der Waals surface area contributed by atoms with Gasteiger partial charge in [0, 0.05) is 33.6 Å². The first-order chi connectivity index (χ1) is 34.8. The van der Waals surface area contributed by atoms with Crippen molar-refractivity contribution in [2.45, 2.75) is 0 Å². The molecule has 0 fully saturated rings. The summed E-state index contributed by atoms with van der Waals surface area (Å²) in [5, 5.41) is 4.95. The fourth-order valence-corrected chi connectivity index (χ4v) is 12.2. The van der Waals surface area contributed by atoms with Crippen molar-refractivity contribution in [1.82, 2.24) is 0 Å². The van der Waals surface area contributed by atoms with Gasteiger partial charge in [0.1, 0.15) is 0 Å².